The largest absolute Gasteiger partial charge is 0.380 e. The van der Waals surface area contributed by atoms with Crippen molar-refractivity contribution >= 4 is 0 Å². The van der Waals surface area contributed by atoms with Crippen molar-refractivity contribution in [2.24, 2.45) is 0 Å². The second-order valence-corrected chi connectivity index (χ2v) is 4.09. The molecule has 0 radical (unpaired) electrons. The third-order valence-electron chi connectivity index (χ3n) is 2.48. The van der Waals surface area contributed by atoms with E-state index in [1.807, 2.05) is 20.0 Å². The first-order chi connectivity index (χ1) is 8.26. The van der Waals surface area contributed by atoms with Gasteiger partial charge < -0.3 is 10.1 Å². The number of likely N-dealkylation sites (N-methyl/N-ethyl adjacent to an activating group) is 1. The van der Waals surface area contributed by atoms with Gasteiger partial charge in [-0.05, 0) is 33.2 Å². The fourth-order valence-electron chi connectivity index (χ4n) is 1.62. The molecule has 96 valence electrons. The van der Waals surface area contributed by atoms with Gasteiger partial charge in [-0.2, -0.15) is 0 Å². The predicted molar refractivity (Wildman–Crippen MR) is 69.8 cm³/mol. The van der Waals surface area contributed by atoms with Crippen LogP contribution in [-0.4, -0.2) is 43.7 Å². The van der Waals surface area contributed by atoms with Gasteiger partial charge in [0.1, 0.15) is 0 Å². The number of nitrogens with zero attached hydrogens (tertiary/aromatic N) is 2. The van der Waals surface area contributed by atoms with Crippen molar-refractivity contribution in [3.63, 3.8) is 0 Å². The molecule has 4 nitrogen and oxygen atoms in total. The van der Waals surface area contributed by atoms with E-state index in [0.717, 1.165) is 44.2 Å². The van der Waals surface area contributed by atoms with Gasteiger partial charge in [0, 0.05) is 26.2 Å². The highest BCUT2D eigenvalue weighted by Crippen LogP contribution is 2.02. The molecule has 0 aliphatic rings. The highest BCUT2D eigenvalue weighted by Gasteiger charge is 2.02. The zero-order valence-corrected chi connectivity index (χ0v) is 11.1. The van der Waals surface area contributed by atoms with E-state index in [2.05, 4.69) is 34.4 Å². The van der Waals surface area contributed by atoms with Gasteiger partial charge in [-0.25, -0.2) is 0 Å². The number of ether oxygens (including phenoxy) is 1. The van der Waals surface area contributed by atoms with Gasteiger partial charge in [0.25, 0.3) is 0 Å². The fourth-order valence-corrected chi connectivity index (χ4v) is 1.62. The Bertz CT molecular complexity index is 317. The molecule has 0 saturated heterocycles. The number of hydrogen-bond acceptors (Lipinski definition) is 4. The molecule has 0 saturated carbocycles. The third kappa shape index (κ3) is 5.77. The van der Waals surface area contributed by atoms with Crippen LogP contribution in [0, 0.1) is 0 Å². The Balaban J connectivity index is 2.41. The molecule has 0 bridgehead atoms. The van der Waals surface area contributed by atoms with E-state index < -0.39 is 0 Å². The molecule has 0 unspecified atom stereocenters. The Morgan fingerprint density at radius 3 is 2.82 bits per heavy atom. The average Bonchev–Trinajstić information content (AvgIpc) is 2.30. The summed E-state index contributed by atoms with van der Waals surface area (Å²) < 4.78 is 5.33. The van der Waals surface area contributed by atoms with Crippen LogP contribution < -0.4 is 5.32 Å². The smallest absolute Gasteiger partial charge is 0.0593 e. The molecular formula is C13H23N3O. The minimum absolute atomic E-state index is 0.781. The normalized spacial score (nSPS) is 11.1. The zero-order chi connectivity index (χ0) is 12.5. The Morgan fingerprint density at radius 1 is 1.35 bits per heavy atom. The summed E-state index contributed by atoms with van der Waals surface area (Å²) in [5, 5.41) is 3.11. The molecule has 0 aliphatic carbocycles. The van der Waals surface area contributed by atoms with Gasteiger partial charge in [-0.1, -0.05) is 6.07 Å². The van der Waals surface area contributed by atoms with Crippen LogP contribution in [0.25, 0.3) is 0 Å². The summed E-state index contributed by atoms with van der Waals surface area (Å²) in [5.74, 6) is 0. The molecule has 0 amide bonds. The number of rotatable bonds is 8. The van der Waals surface area contributed by atoms with E-state index >= 15 is 0 Å². The highest BCUT2D eigenvalue weighted by molar-refractivity contribution is 5.11. The van der Waals surface area contributed by atoms with Gasteiger partial charge in [0.05, 0.1) is 18.0 Å². The highest BCUT2D eigenvalue weighted by atomic mass is 16.5. The molecular weight excluding hydrogens is 214 g/mol. The Kier molecular flexibility index (Phi) is 6.77. The van der Waals surface area contributed by atoms with Crippen molar-refractivity contribution in [3.05, 3.63) is 29.6 Å². The van der Waals surface area contributed by atoms with Gasteiger partial charge in [0.2, 0.25) is 0 Å². The molecule has 0 aliphatic heterocycles. The minimum atomic E-state index is 0.781. The maximum absolute atomic E-state index is 5.33. The lowest BCUT2D eigenvalue weighted by atomic mass is 10.3. The summed E-state index contributed by atoms with van der Waals surface area (Å²) in [6, 6.07) is 6.17. The summed E-state index contributed by atoms with van der Waals surface area (Å²) >= 11 is 0. The first kappa shape index (κ1) is 14.1. The molecule has 0 atom stereocenters. The number of aromatic nitrogens is 1. The second-order valence-electron chi connectivity index (χ2n) is 4.09. The quantitative estimate of drug-likeness (QED) is 0.691. The van der Waals surface area contributed by atoms with Gasteiger partial charge in [-0.3, -0.25) is 9.88 Å². The zero-order valence-electron chi connectivity index (χ0n) is 11.1. The second kappa shape index (κ2) is 8.17. The molecule has 1 N–H and O–H groups in total. The maximum Gasteiger partial charge on any atom is 0.0593 e. The van der Waals surface area contributed by atoms with Crippen LogP contribution in [0.3, 0.4) is 0 Å². The lowest BCUT2D eigenvalue weighted by Crippen LogP contribution is -2.23. The molecule has 4 heteroatoms. The molecule has 1 aromatic heterocycles. The first-order valence-electron chi connectivity index (χ1n) is 6.12. The van der Waals surface area contributed by atoms with E-state index in [4.69, 9.17) is 4.74 Å². The van der Waals surface area contributed by atoms with E-state index in [0.29, 0.717) is 0 Å². The lowest BCUT2D eigenvalue weighted by Gasteiger charge is -2.16. The molecule has 0 spiro atoms. The molecule has 0 fully saturated rings. The molecule has 0 aromatic carbocycles. The van der Waals surface area contributed by atoms with Gasteiger partial charge in [-0.15, -0.1) is 0 Å². The number of hydrogen-bond donors (Lipinski definition) is 1. The Hall–Kier alpha value is -0.970. The fraction of sp³-hybridized carbons (Fsp3) is 0.615. The van der Waals surface area contributed by atoms with Gasteiger partial charge >= 0.3 is 0 Å². The van der Waals surface area contributed by atoms with E-state index in [1.54, 1.807) is 0 Å². The average molecular weight is 237 g/mol. The van der Waals surface area contributed by atoms with Crippen molar-refractivity contribution in [2.75, 3.05) is 33.9 Å². The van der Waals surface area contributed by atoms with Crippen molar-refractivity contribution in [3.8, 4) is 0 Å². The summed E-state index contributed by atoms with van der Waals surface area (Å²) in [7, 11) is 4.02. The third-order valence-corrected chi connectivity index (χ3v) is 2.48. The maximum atomic E-state index is 5.33. The molecule has 17 heavy (non-hydrogen) atoms. The number of nitrogens with one attached hydrogen (secondary N) is 1. The summed E-state index contributed by atoms with van der Waals surface area (Å²) in [4.78, 5) is 6.81. The topological polar surface area (TPSA) is 37.4 Å². The van der Waals surface area contributed by atoms with E-state index in [1.165, 1.54) is 0 Å². The van der Waals surface area contributed by atoms with Crippen LogP contribution in [0.4, 0.5) is 0 Å². The minimum Gasteiger partial charge on any atom is -0.380 e. The monoisotopic (exact) mass is 237 g/mol. The van der Waals surface area contributed by atoms with Gasteiger partial charge in [0.15, 0.2) is 0 Å². The Labute approximate surface area is 104 Å². The lowest BCUT2D eigenvalue weighted by molar-refractivity contribution is 0.120. The summed E-state index contributed by atoms with van der Waals surface area (Å²) in [6.45, 7) is 6.20. The van der Waals surface area contributed by atoms with E-state index in [-0.39, 0.29) is 0 Å². The van der Waals surface area contributed by atoms with Crippen LogP contribution in [0.2, 0.25) is 0 Å². The van der Waals surface area contributed by atoms with Crippen LogP contribution in [0.15, 0.2) is 18.2 Å². The molecule has 1 rings (SSSR count). The van der Waals surface area contributed by atoms with Crippen LogP contribution >= 0.6 is 0 Å². The first-order valence-corrected chi connectivity index (χ1v) is 6.12. The predicted octanol–water partition coefficient (Wildman–Crippen LogP) is 1.27. The molecule has 1 aromatic rings. The van der Waals surface area contributed by atoms with Crippen LogP contribution in [0.1, 0.15) is 18.3 Å². The van der Waals surface area contributed by atoms with Crippen molar-refractivity contribution in [2.45, 2.75) is 20.0 Å². The van der Waals surface area contributed by atoms with Crippen LogP contribution in [-0.2, 0) is 17.8 Å². The molecule has 1 heterocycles. The summed E-state index contributed by atoms with van der Waals surface area (Å²) in [5.41, 5.74) is 2.19. The summed E-state index contributed by atoms with van der Waals surface area (Å²) in [6.07, 6.45) is 0. The standard InChI is InChI=1S/C13H23N3O/c1-4-17-9-8-16(3)11-13-7-5-6-12(15-13)10-14-2/h5-7,14H,4,8-11H2,1-3H3. The SMILES string of the molecule is CCOCCN(C)Cc1cccc(CNC)n1. The van der Waals surface area contributed by atoms with Crippen molar-refractivity contribution in [1.29, 1.82) is 0 Å². The van der Waals surface area contributed by atoms with Crippen LogP contribution in [0.5, 0.6) is 0 Å². The van der Waals surface area contributed by atoms with Crippen molar-refractivity contribution in [1.82, 2.24) is 15.2 Å². The van der Waals surface area contributed by atoms with Crippen molar-refractivity contribution < 1.29 is 4.74 Å². The Morgan fingerprint density at radius 2 is 2.12 bits per heavy atom. The van der Waals surface area contributed by atoms with E-state index in [9.17, 15) is 0 Å². The number of pyridine rings is 1.